The Hall–Kier alpha value is -2.22. The van der Waals surface area contributed by atoms with Crippen molar-refractivity contribution in [3.05, 3.63) is 51.6 Å². The molecular formula is C15H13F2N3O2S. The minimum atomic E-state index is -0.835. The summed E-state index contributed by atoms with van der Waals surface area (Å²) >= 11 is 1.14. The molecule has 1 aliphatic carbocycles. The number of aryl methyl sites for hydroxylation is 1. The summed E-state index contributed by atoms with van der Waals surface area (Å²) in [5, 5.41) is 2.91. The van der Waals surface area contributed by atoms with Gasteiger partial charge in [-0.25, -0.2) is 13.6 Å². The minimum absolute atomic E-state index is 0.0142. The third-order valence-corrected chi connectivity index (χ3v) is 4.50. The number of aromatic nitrogens is 2. The van der Waals surface area contributed by atoms with Crippen molar-refractivity contribution < 1.29 is 13.6 Å². The largest absolute Gasteiger partial charge is 0.346 e. The molecule has 0 atom stereocenters. The van der Waals surface area contributed by atoms with Gasteiger partial charge in [0.2, 0.25) is 5.91 Å². The summed E-state index contributed by atoms with van der Waals surface area (Å²) in [5.74, 6) is -2.01. The highest BCUT2D eigenvalue weighted by atomic mass is 32.2. The summed E-state index contributed by atoms with van der Waals surface area (Å²) in [5.41, 5.74) is 1.33. The van der Waals surface area contributed by atoms with Crippen LogP contribution in [0, 0.1) is 11.6 Å². The second-order valence-corrected chi connectivity index (χ2v) is 6.08. The van der Waals surface area contributed by atoms with Crippen molar-refractivity contribution in [2.24, 2.45) is 0 Å². The van der Waals surface area contributed by atoms with Crippen molar-refractivity contribution in [3.8, 4) is 0 Å². The zero-order valence-electron chi connectivity index (χ0n) is 12.0. The normalized spacial score (nSPS) is 13.0. The van der Waals surface area contributed by atoms with Gasteiger partial charge in [0.15, 0.2) is 0 Å². The number of carbonyl (C=O) groups excluding carboxylic acids is 1. The Morgan fingerprint density at radius 2 is 2.17 bits per heavy atom. The van der Waals surface area contributed by atoms with Crippen LogP contribution in [0.2, 0.25) is 0 Å². The Labute approximate surface area is 134 Å². The average molecular weight is 337 g/mol. The van der Waals surface area contributed by atoms with Crippen LogP contribution < -0.4 is 11.0 Å². The molecule has 1 heterocycles. The van der Waals surface area contributed by atoms with Crippen molar-refractivity contribution in [2.75, 3.05) is 11.1 Å². The Morgan fingerprint density at radius 1 is 1.35 bits per heavy atom. The molecule has 0 fully saturated rings. The molecule has 5 nitrogen and oxygen atoms in total. The third kappa shape index (κ3) is 3.58. The molecule has 8 heteroatoms. The predicted molar refractivity (Wildman–Crippen MR) is 82.6 cm³/mol. The first-order valence-electron chi connectivity index (χ1n) is 7.02. The maximum atomic E-state index is 13.5. The number of hydrogen-bond acceptors (Lipinski definition) is 4. The number of anilines is 1. The zero-order chi connectivity index (χ0) is 16.4. The van der Waals surface area contributed by atoms with Crippen LogP contribution in [0.3, 0.4) is 0 Å². The molecule has 0 saturated carbocycles. The molecule has 1 aliphatic rings. The van der Waals surface area contributed by atoms with Crippen LogP contribution in [0.5, 0.6) is 0 Å². The highest BCUT2D eigenvalue weighted by Gasteiger charge is 2.19. The third-order valence-electron chi connectivity index (χ3n) is 3.48. The monoisotopic (exact) mass is 337 g/mol. The van der Waals surface area contributed by atoms with Gasteiger partial charge in [-0.3, -0.25) is 4.79 Å². The molecule has 0 unspecified atom stereocenters. The van der Waals surface area contributed by atoms with Crippen molar-refractivity contribution in [2.45, 2.75) is 24.3 Å². The van der Waals surface area contributed by atoms with Gasteiger partial charge in [0.1, 0.15) is 16.7 Å². The summed E-state index contributed by atoms with van der Waals surface area (Å²) in [6, 6.07) is 2.93. The molecule has 2 N–H and O–H groups in total. The zero-order valence-corrected chi connectivity index (χ0v) is 12.8. The number of nitrogens with one attached hydrogen (secondary N) is 2. The van der Waals surface area contributed by atoms with Gasteiger partial charge in [-0.15, -0.1) is 0 Å². The van der Waals surface area contributed by atoms with E-state index in [2.05, 4.69) is 15.3 Å². The Morgan fingerprint density at radius 3 is 2.96 bits per heavy atom. The first kappa shape index (κ1) is 15.7. The summed E-state index contributed by atoms with van der Waals surface area (Å²) in [4.78, 5) is 30.0. The van der Waals surface area contributed by atoms with Crippen LogP contribution in [0.15, 0.2) is 28.0 Å². The standard InChI is InChI=1S/C15H13F2N3O2S/c16-8-4-5-12(10(17)6-8)18-13(21)7-23-14-9-2-1-3-11(9)19-15(22)20-14/h4-6H,1-3,7H2,(H,18,21)(H,19,20,22). The van der Waals surface area contributed by atoms with E-state index in [1.54, 1.807) is 0 Å². The quantitative estimate of drug-likeness (QED) is 0.663. The molecular weight excluding hydrogens is 324 g/mol. The molecule has 3 rings (SSSR count). The lowest BCUT2D eigenvalue weighted by atomic mass is 10.3. The van der Waals surface area contributed by atoms with Crippen molar-refractivity contribution in [1.29, 1.82) is 0 Å². The van der Waals surface area contributed by atoms with E-state index in [0.717, 1.165) is 54.4 Å². The van der Waals surface area contributed by atoms with Gasteiger partial charge < -0.3 is 10.3 Å². The van der Waals surface area contributed by atoms with Crippen LogP contribution in [0.25, 0.3) is 0 Å². The van der Waals surface area contributed by atoms with Gasteiger partial charge in [-0.05, 0) is 31.4 Å². The fourth-order valence-corrected chi connectivity index (χ4v) is 3.35. The molecule has 0 bridgehead atoms. The fourth-order valence-electron chi connectivity index (χ4n) is 2.46. The van der Waals surface area contributed by atoms with E-state index in [-0.39, 0.29) is 11.4 Å². The number of hydrogen-bond donors (Lipinski definition) is 2. The van der Waals surface area contributed by atoms with Gasteiger partial charge in [0.25, 0.3) is 0 Å². The fraction of sp³-hybridized carbons (Fsp3) is 0.267. The summed E-state index contributed by atoms with van der Waals surface area (Å²) in [6.45, 7) is 0. The molecule has 0 radical (unpaired) electrons. The number of aromatic amines is 1. The lowest BCUT2D eigenvalue weighted by Crippen LogP contribution is -2.18. The topological polar surface area (TPSA) is 74.8 Å². The number of thioether (sulfide) groups is 1. The highest BCUT2D eigenvalue weighted by Crippen LogP contribution is 2.27. The number of amides is 1. The summed E-state index contributed by atoms with van der Waals surface area (Å²) in [7, 11) is 0. The van der Waals surface area contributed by atoms with E-state index in [1.807, 2.05) is 0 Å². The number of fused-ring (bicyclic) bond motifs is 1. The Bertz CT molecular complexity index is 823. The molecule has 0 aliphatic heterocycles. The lowest BCUT2D eigenvalue weighted by molar-refractivity contribution is -0.113. The van der Waals surface area contributed by atoms with Crippen molar-refractivity contribution in [1.82, 2.24) is 9.97 Å². The SMILES string of the molecule is O=C(CSc1nc(=O)[nH]c2c1CCC2)Nc1ccc(F)cc1F. The van der Waals surface area contributed by atoms with E-state index in [0.29, 0.717) is 11.1 Å². The van der Waals surface area contributed by atoms with Gasteiger partial charge in [-0.1, -0.05) is 11.8 Å². The van der Waals surface area contributed by atoms with E-state index in [1.165, 1.54) is 0 Å². The number of carbonyl (C=O) groups is 1. The first-order chi connectivity index (χ1) is 11.0. The van der Waals surface area contributed by atoms with E-state index < -0.39 is 23.2 Å². The molecule has 120 valence electrons. The maximum absolute atomic E-state index is 13.5. The minimum Gasteiger partial charge on any atom is -0.323 e. The van der Waals surface area contributed by atoms with Crippen LogP contribution in [0.1, 0.15) is 17.7 Å². The average Bonchev–Trinajstić information content (AvgIpc) is 2.96. The van der Waals surface area contributed by atoms with Gasteiger partial charge >= 0.3 is 5.69 Å². The number of halogens is 2. The molecule has 2 aromatic rings. The number of benzene rings is 1. The smallest absolute Gasteiger partial charge is 0.323 e. The second kappa shape index (κ2) is 6.49. The molecule has 1 aromatic heterocycles. The van der Waals surface area contributed by atoms with Crippen LogP contribution in [-0.2, 0) is 17.6 Å². The number of H-pyrrole nitrogens is 1. The summed E-state index contributed by atoms with van der Waals surface area (Å²) < 4.78 is 26.3. The lowest BCUT2D eigenvalue weighted by Gasteiger charge is -2.08. The van der Waals surface area contributed by atoms with Crippen LogP contribution in [-0.4, -0.2) is 21.6 Å². The van der Waals surface area contributed by atoms with Gasteiger partial charge in [0, 0.05) is 17.3 Å². The predicted octanol–water partition coefficient (Wildman–Crippen LogP) is 2.27. The summed E-state index contributed by atoms with van der Waals surface area (Å²) in [6.07, 6.45) is 2.56. The molecule has 0 spiro atoms. The van der Waals surface area contributed by atoms with E-state index in [4.69, 9.17) is 0 Å². The van der Waals surface area contributed by atoms with Gasteiger partial charge in [0.05, 0.1) is 11.4 Å². The Balaban J connectivity index is 1.67. The number of nitrogens with zero attached hydrogens (tertiary/aromatic N) is 1. The van der Waals surface area contributed by atoms with Crippen molar-refractivity contribution >= 4 is 23.4 Å². The second-order valence-electron chi connectivity index (χ2n) is 5.12. The molecule has 1 aromatic carbocycles. The molecule has 1 amide bonds. The highest BCUT2D eigenvalue weighted by molar-refractivity contribution is 8.00. The van der Waals surface area contributed by atoms with Crippen molar-refractivity contribution in [3.63, 3.8) is 0 Å². The van der Waals surface area contributed by atoms with Gasteiger partial charge in [-0.2, -0.15) is 4.98 Å². The maximum Gasteiger partial charge on any atom is 0.346 e. The van der Waals surface area contributed by atoms with Crippen LogP contribution >= 0.6 is 11.8 Å². The van der Waals surface area contributed by atoms with E-state index >= 15 is 0 Å². The molecule has 0 saturated heterocycles. The first-order valence-corrected chi connectivity index (χ1v) is 8.01. The Kier molecular flexibility index (Phi) is 4.42. The molecule has 23 heavy (non-hydrogen) atoms. The van der Waals surface area contributed by atoms with Crippen LogP contribution in [0.4, 0.5) is 14.5 Å². The number of rotatable bonds is 4. The van der Waals surface area contributed by atoms with E-state index in [9.17, 15) is 18.4 Å².